The second kappa shape index (κ2) is 11.8. The van der Waals surface area contributed by atoms with Crippen LogP contribution in [-0.2, 0) is 14.3 Å². The first kappa shape index (κ1) is 29.3. The molecule has 10 heteroatoms. The molecule has 0 radical (unpaired) electrons. The zero-order valence-electron chi connectivity index (χ0n) is 23.1. The maximum atomic E-state index is 13.1. The molecule has 4 N–H and O–H groups in total. The van der Waals surface area contributed by atoms with Gasteiger partial charge in [-0.3, -0.25) is 10.1 Å². The molecule has 39 heavy (non-hydrogen) atoms. The molecule has 7 atom stereocenters. The van der Waals surface area contributed by atoms with E-state index in [1.807, 2.05) is 6.92 Å². The fourth-order valence-electron chi connectivity index (χ4n) is 7.28. The van der Waals surface area contributed by atoms with Gasteiger partial charge in [0.05, 0.1) is 31.0 Å². The standard InChI is InChI=1S/C29H42N2O8/c1-4-38-26(36)18-6-5-7-19(14-18)30-27(37)39-24-10-12-28(2)21(15-25(35)31-13-11-20(33)16-31)22(34)8-9-23(28)29(24,3)17-32/h5-7,14,20-24,32-34H,4,8-13,15-17H2,1-3H3,(H,30,37). The lowest BCUT2D eigenvalue weighted by Crippen LogP contribution is -2.61. The number of aliphatic hydroxyl groups excluding tert-OH is 3. The number of benzene rings is 1. The summed E-state index contributed by atoms with van der Waals surface area (Å²) in [6, 6.07) is 6.41. The molecule has 3 aliphatic rings. The van der Waals surface area contributed by atoms with Crippen LogP contribution in [0.15, 0.2) is 24.3 Å². The van der Waals surface area contributed by atoms with Crippen LogP contribution in [0.1, 0.15) is 69.7 Å². The lowest BCUT2D eigenvalue weighted by atomic mass is 9.46. The molecular weight excluding hydrogens is 504 g/mol. The van der Waals surface area contributed by atoms with Crippen LogP contribution in [-0.4, -0.2) is 82.8 Å². The van der Waals surface area contributed by atoms with Gasteiger partial charge < -0.3 is 29.7 Å². The van der Waals surface area contributed by atoms with Gasteiger partial charge in [-0.2, -0.15) is 0 Å². The zero-order valence-corrected chi connectivity index (χ0v) is 23.1. The van der Waals surface area contributed by atoms with Crippen LogP contribution in [0.4, 0.5) is 10.5 Å². The first-order chi connectivity index (χ1) is 18.5. The molecule has 2 saturated carbocycles. The molecule has 216 valence electrons. The minimum absolute atomic E-state index is 0.0639. The minimum Gasteiger partial charge on any atom is -0.462 e. The molecule has 1 heterocycles. The quantitative estimate of drug-likeness (QED) is 0.382. The Labute approximate surface area is 229 Å². The van der Waals surface area contributed by atoms with Gasteiger partial charge in [-0.25, -0.2) is 9.59 Å². The molecular formula is C29H42N2O8. The largest absolute Gasteiger partial charge is 0.462 e. The SMILES string of the molecule is CCOC(=O)c1cccc(NC(=O)OC2CCC3(C)C(CC(=O)N4CCC(O)C4)C(O)CCC3C2(C)CO)c1. The van der Waals surface area contributed by atoms with Crippen molar-refractivity contribution in [3.05, 3.63) is 29.8 Å². The number of ether oxygens (including phenoxy) is 2. The van der Waals surface area contributed by atoms with Crippen LogP contribution in [0, 0.1) is 22.7 Å². The molecule has 1 aromatic carbocycles. The summed E-state index contributed by atoms with van der Waals surface area (Å²) in [6.45, 7) is 6.60. The van der Waals surface area contributed by atoms with Gasteiger partial charge in [-0.1, -0.05) is 19.9 Å². The predicted molar refractivity (Wildman–Crippen MR) is 143 cm³/mol. The van der Waals surface area contributed by atoms with Gasteiger partial charge in [-0.15, -0.1) is 0 Å². The van der Waals surface area contributed by atoms with Crippen LogP contribution >= 0.6 is 0 Å². The zero-order chi connectivity index (χ0) is 28.4. The Morgan fingerprint density at radius 3 is 2.56 bits per heavy atom. The third kappa shape index (κ3) is 5.93. The molecule has 2 amide bonds. The Hall–Kier alpha value is -2.69. The smallest absolute Gasteiger partial charge is 0.411 e. The molecule has 3 fully saturated rings. The second-order valence-electron chi connectivity index (χ2n) is 11.8. The average molecular weight is 547 g/mol. The fourth-order valence-corrected chi connectivity index (χ4v) is 7.28. The van der Waals surface area contributed by atoms with Crippen molar-refractivity contribution in [2.45, 2.75) is 77.6 Å². The number of β-amino-alcohol motifs (C(OH)–C–C–N with tert-alkyl or cyclic N) is 1. The van der Waals surface area contributed by atoms with Gasteiger partial charge in [0.1, 0.15) is 6.10 Å². The molecule has 1 aliphatic heterocycles. The van der Waals surface area contributed by atoms with E-state index in [0.717, 1.165) is 0 Å². The number of likely N-dealkylation sites (tertiary alicyclic amines) is 1. The third-order valence-electron chi connectivity index (χ3n) is 9.46. The van der Waals surface area contributed by atoms with Crippen molar-refractivity contribution in [3.63, 3.8) is 0 Å². The van der Waals surface area contributed by atoms with E-state index in [-0.39, 0.29) is 37.4 Å². The van der Waals surface area contributed by atoms with Crippen LogP contribution in [0.3, 0.4) is 0 Å². The molecule has 7 unspecified atom stereocenters. The summed E-state index contributed by atoms with van der Waals surface area (Å²) in [7, 11) is 0. The number of rotatable bonds is 7. The lowest BCUT2D eigenvalue weighted by Gasteiger charge is -2.60. The first-order valence-electron chi connectivity index (χ1n) is 14.0. The van der Waals surface area contributed by atoms with Gasteiger partial charge in [0.15, 0.2) is 0 Å². The maximum absolute atomic E-state index is 13.1. The number of anilines is 1. The Kier molecular flexibility index (Phi) is 8.88. The number of carbonyl (C=O) groups excluding carboxylic acids is 3. The number of amides is 2. The highest BCUT2D eigenvalue weighted by Crippen LogP contribution is 2.61. The third-order valence-corrected chi connectivity index (χ3v) is 9.46. The van der Waals surface area contributed by atoms with Gasteiger partial charge in [0.2, 0.25) is 5.91 Å². The predicted octanol–water partition coefficient (Wildman–Crippen LogP) is 2.95. The van der Waals surface area contributed by atoms with E-state index in [1.54, 1.807) is 30.0 Å². The normalized spacial score (nSPS) is 34.2. The highest BCUT2D eigenvalue weighted by Gasteiger charge is 2.60. The Morgan fingerprint density at radius 1 is 1.13 bits per heavy atom. The topological polar surface area (TPSA) is 146 Å². The Morgan fingerprint density at radius 2 is 1.90 bits per heavy atom. The maximum Gasteiger partial charge on any atom is 0.411 e. The van der Waals surface area contributed by atoms with E-state index in [4.69, 9.17) is 9.47 Å². The van der Waals surface area contributed by atoms with Crippen molar-refractivity contribution in [3.8, 4) is 0 Å². The molecule has 1 saturated heterocycles. The summed E-state index contributed by atoms with van der Waals surface area (Å²) in [5, 5.41) is 34.2. The van der Waals surface area contributed by atoms with Crippen molar-refractivity contribution in [1.29, 1.82) is 0 Å². The minimum atomic E-state index is -0.775. The summed E-state index contributed by atoms with van der Waals surface area (Å²) >= 11 is 0. The number of hydrogen-bond donors (Lipinski definition) is 4. The number of fused-ring (bicyclic) bond motifs is 1. The lowest BCUT2D eigenvalue weighted by molar-refractivity contribution is -0.186. The molecule has 4 rings (SSSR count). The highest BCUT2D eigenvalue weighted by molar-refractivity contribution is 5.92. The van der Waals surface area contributed by atoms with Gasteiger partial charge >= 0.3 is 12.1 Å². The van der Waals surface area contributed by atoms with E-state index < -0.39 is 41.2 Å². The summed E-state index contributed by atoms with van der Waals surface area (Å²) in [4.78, 5) is 39.7. The van der Waals surface area contributed by atoms with E-state index >= 15 is 0 Å². The number of nitrogens with zero attached hydrogens (tertiary/aromatic N) is 1. The van der Waals surface area contributed by atoms with E-state index in [9.17, 15) is 29.7 Å². The molecule has 10 nitrogen and oxygen atoms in total. The molecule has 1 aromatic rings. The van der Waals surface area contributed by atoms with Gasteiger partial charge in [-0.05, 0) is 74.5 Å². The Balaban J connectivity index is 1.46. The van der Waals surface area contributed by atoms with E-state index in [0.29, 0.717) is 56.4 Å². The van der Waals surface area contributed by atoms with Crippen molar-refractivity contribution >= 4 is 23.7 Å². The number of nitrogens with one attached hydrogen (secondary N) is 1. The molecule has 0 aromatic heterocycles. The number of aliphatic hydroxyl groups is 3. The number of carbonyl (C=O) groups is 3. The average Bonchev–Trinajstić information content (AvgIpc) is 3.34. The summed E-state index contributed by atoms with van der Waals surface area (Å²) in [6.07, 6.45) is 0.590. The molecule has 0 bridgehead atoms. The first-order valence-corrected chi connectivity index (χ1v) is 14.0. The van der Waals surface area contributed by atoms with E-state index in [1.165, 1.54) is 6.07 Å². The van der Waals surface area contributed by atoms with Gasteiger partial charge in [0, 0.05) is 30.6 Å². The summed E-state index contributed by atoms with van der Waals surface area (Å²) in [5.41, 5.74) is -0.507. The molecule has 2 aliphatic carbocycles. The van der Waals surface area contributed by atoms with Crippen molar-refractivity contribution < 1.29 is 39.2 Å². The van der Waals surface area contributed by atoms with Crippen LogP contribution in [0.5, 0.6) is 0 Å². The second-order valence-corrected chi connectivity index (χ2v) is 11.8. The Bertz CT molecular complexity index is 1070. The van der Waals surface area contributed by atoms with Crippen molar-refractivity contribution in [2.24, 2.45) is 22.7 Å². The number of esters is 1. The van der Waals surface area contributed by atoms with Gasteiger partial charge in [0.25, 0.3) is 0 Å². The summed E-state index contributed by atoms with van der Waals surface area (Å²) < 4.78 is 10.9. The highest BCUT2D eigenvalue weighted by atomic mass is 16.6. The molecule has 0 spiro atoms. The van der Waals surface area contributed by atoms with Crippen LogP contribution in [0.25, 0.3) is 0 Å². The van der Waals surface area contributed by atoms with Crippen molar-refractivity contribution in [2.75, 3.05) is 31.6 Å². The van der Waals surface area contributed by atoms with Crippen LogP contribution < -0.4 is 5.32 Å². The fraction of sp³-hybridized carbons (Fsp3) is 0.690. The van der Waals surface area contributed by atoms with E-state index in [2.05, 4.69) is 12.2 Å². The van der Waals surface area contributed by atoms with Crippen molar-refractivity contribution in [1.82, 2.24) is 4.90 Å². The monoisotopic (exact) mass is 546 g/mol. The number of hydrogen-bond acceptors (Lipinski definition) is 8. The van der Waals surface area contributed by atoms with Crippen LogP contribution in [0.2, 0.25) is 0 Å². The summed E-state index contributed by atoms with van der Waals surface area (Å²) in [5.74, 6) is -0.930.